The van der Waals surface area contributed by atoms with Crippen LogP contribution in [0.5, 0.6) is 0 Å². The number of pyridine rings is 1. The maximum atomic E-state index is 5.55. The SMILES string of the molecule is CCN(c1cccc(C(N)=S)n1)C(C)C. The first-order valence-corrected chi connectivity index (χ1v) is 5.50. The minimum Gasteiger partial charge on any atom is -0.388 e. The molecule has 3 nitrogen and oxygen atoms in total. The second kappa shape index (κ2) is 5.07. The highest BCUT2D eigenvalue weighted by Crippen LogP contribution is 2.14. The van der Waals surface area contributed by atoms with Gasteiger partial charge in [0, 0.05) is 12.6 Å². The Morgan fingerprint density at radius 1 is 1.53 bits per heavy atom. The van der Waals surface area contributed by atoms with Gasteiger partial charge >= 0.3 is 0 Å². The molecule has 1 aromatic rings. The van der Waals surface area contributed by atoms with Crippen LogP contribution in [0.25, 0.3) is 0 Å². The Hall–Kier alpha value is -1.16. The molecule has 0 fully saturated rings. The summed E-state index contributed by atoms with van der Waals surface area (Å²) < 4.78 is 0. The van der Waals surface area contributed by atoms with Gasteiger partial charge in [-0.15, -0.1) is 0 Å². The summed E-state index contributed by atoms with van der Waals surface area (Å²) in [6.07, 6.45) is 0. The zero-order chi connectivity index (χ0) is 11.4. The Bertz CT molecular complexity index is 349. The van der Waals surface area contributed by atoms with Crippen LogP contribution in [0.4, 0.5) is 5.82 Å². The van der Waals surface area contributed by atoms with Gasteiger partial charge in [0.05, 0.1) is 5.69 Å². The number of thiocarbonyl (C=S) groups is 1. The molecule has 0 aromatic carbocycles. The molecule has 0 saturated heterocycles. The van der Waals surface area contributed by atoms with Crippen molar-refractivity contribution in [3.8, 4) is 0 Å². The van der Waals surface area contributed by atoms with Crippen LogP contribution >= 0.6 is 12.2 Å². The minimum absolute atomic E-state index is 0.344. The normalized spacial score (nSPS) is 10.4. The van der Waals surface area contributed by atoms with E-state index in [0.29, 0.717) is 16.7 Å². The van der Waals surface area contributed by atoms with Gasteiger partial charge in [0.1, 0.15) is 10.8 Å². The third kappa shape index (κ3) is 2.89. The third-order valence-electron chi connectivity index (χ3n) is 2.25. The molecule has 0 bridgehead atoms. The standard InChI is InChI=1S/C11H17N3S/c1-4-14(8(2)3)10-7-5-6-9(13-10)11(12)15/h5-8H,4H2,1-3H3,(H2,12,15). The highest BCUT2D eigenvalue weighted by molar-refractivity contribution is 7.80. The van der Waals surface area contributed by atoms with Gasteiger partial charge in [0.15, 0.2) is 0 Å². The van der Waals surface area contributed by atoms with E-state index >= 15 is 0 Å². The van der Waals surface area contributed by atoms with E-state index in [1.54, 1.807) is 0 Å². The Morgan fingerprint density at radius 2 is 2.20 bits per heavy atom. The van der Waals surface area contributed by atoms with Crippen molar-refractivity contribution in [2.45, 2.75) is 26.8 Å². The van der Waals surface area contributed by atoms with Crippen molar-refractivity contribution < 1.29 is 0 Å². The van der Waals surface area contributed by atoms with Crippen LogP contribution in [0.1, 0.15) is 26.5 Å². The lowest BCUT2D eigenvalue weighted by atomic mass is 10.3. The Morgan fingerprint density at radius 3 is 2.67 bits per heavy atom. The van der Waals surface area contributed by atoms with Crippen LogP contribution in [0, 0.1) is 0 Å². The molecule has 2 N–H and O–H groups in total. The van der Waals surface area contributed by atoms with E-state index in [9.17, 15) is 0 Å². The van der Waals surface area contributed by atoms with E-state index < -0.39 is 0 Å². The van der Waals surface area contributed by atoms with Crippen molar-refractivity contribution in [3.63, 3.8) is 0 Å². The fourth-order valence-corrected chi connectivity index (χ4v) is 1.63. The van der Waals surface area contributed by atoms with E-state index in [0.717, 1.165) is 12.4 Å². The van der Waals surface area contributed by atoms with Crippen molar-refractivity contribution >= 4 is 23.0 Å². The number of nitrogens with two attached hydrogens (primary N) is 1. The monoisotopic (exact) mass is 223 g/mol. The first-order chi connectivity index (χ1) is 7.06. The first-order valence-electron chi connectivity index (χ1n) is 5.09. The quantitative estimate of drug-likeness (QED) is 0.792. The zero-order valence-electron chi connectivity index (χ0n) is 9.40. The molecule has 0 spiro atoms. The number of nitrogens with zero attached hydrogens (tertiary/aromatic N) is 2. The van der Waals surface area contributed by atoms with Crippen LogP contribution in [0.2, 0.25) is 0 Å². The second-order valence-corrected chi connectivity index (χ2v) is 4.06. The van der Waals surface area contributed by atoms with Crippen molar-refractivity contribution in [2.24, 2.45) is 5.73 Å². The molecule has 1 aromatic heterocycles. The molecule has 0 aliphatic heterocycles. The number of hydrogen-bond acceptors (Lipinski definition) is 3. The zero-order valence-corrected chi connectivity index (χ0v) is 10.2. The van der Waals surface area contributed by atoms with E-state index in [2.05, 4.69) is 30.7 Å². The van der Waals surface area contributed by atoms with Crippen LogP contribution in [0.3, 0.4) is 0 Å². The molecule has 4 heteroatoms. The van der Waals surface area contributed by atoms with Crippen LogP contribution in [0.15, 0.2) is 18.2 Å². The summed E-state index contributed by atoms with van der Waals surface area (Å²) in [5.74, 6) is 0.929. The summed E-state index contributed by atoms with van der Waals surface area (Å²) in [6, 6.07) is 6.16. The first kappa shape index (κ1) is 11.9. The van der Waals surface area contributed by atoms with E-state index in [4.69, 9.17) is 18.0 Å². The molecule has 1 rings (SSSR count). The number of anilines is 1. The fraction of sp³-hybridized carbons (Fsp3) is 0.455. The predicted molar refractivity (Wildman–Crippen MR) is 68.3 cm³/mol. The van der Waals surface area contributed by atoms with Crippen molar-refractivity contribution in [1.82, 2.24) is 4.98 Å². The number of rotatable bonds is 4. The number of hydrogen-bond donors (Lipinski definition) is 1. The Kier molecular flexibility index (Phi) is 4.03. The Labute approximate surface area is 96.3 Å². The van der Waals surface area contributed by atoms with Gasteiger partial charge in [-0.05, 0) is 32.9 Å². The molecule has 1 heterocycles. The van der Waals surface area contributed by atoms with Gasteiger partial charge in [-0.25, -0.2) is 4.98 Å². The largest absolute Gasteiger partial charge is 0.388 e. The van der Waals surface area contributed by atoms with Gasteiger partial charge in [-0.1, -0.05) is 18.3 Å². The van der Waals surface area contributed by atoms with Gasteiger partial charge < -0.3 is 10.6 Å². The average molecular weight is 223 g/mol. The van der Waals surface area contributed by atoms with E-state index in [-0.39, 0.29) is 0 Å². The smallest absolute Gasteiger partial charge is 0.129 e. The van der Waals surface area contributed by atoms with Gasteiger partial charge in [0.25, 0.3) is 0 Å². The molecule has 0 saturated carbocycles. The molecule has 0 aliphatic carbocycles. The van der Waals surface area contributed by atoms with Crippen molar-refractivity contribution in [3.05, 3.63) is 23.9 Å². The molecule has 0 amide bonds. The van der Waals surface area contributed by atoms with Crippen LogP contribution < -0.4 is 10.6 Å². The van der Waals surface area contributed by atoms with Crippen LogP contribution in [-0.2, 0) is 0 Å². The topological polar surface area (TPSA) is 42.1 Å². The van der Waals surface area contributed by atoms with E-state index in [1.165, 1.54) is 0 Å². The molecule has 82 valence electrons. The van der Waals surface area contributed by atoms with Gasteiger partial charge in [-0.2, -0.15) is 0 Å². The summed E-state index contributed by atoms with van der Waals surface area (Å²) in [7, 11) is 0. The lowest BCUT2D eigenvalue weighted by molar-refractivity contribution is 0.693. The molecular weight excluding hydrogens is 206 g/mol. The van der Waals surface area contributed by atoms with Crippen LogP contribution in [-0.4, -0.2) is 22.6 Å². The van der Waals surface area contributed by atoms with E-state index in [1.807, 2.05) is 18.2 Å². The maximum Gasteiger partial charge on any atom is 0.129 e. The number of aromatic nitrogens is 1. The van der Waals surface area contributed by atoms with Crippen molar-refractivity contribution in [2.75, 3.05) is 11.4 Å². The third-order valence-corrected chi connectivity index (χ3v) is 2.45. The van der Waals surface area contributed by atoms with Crippen molar-refractivity contribution in [1.29, 1.82) is 0 Å². The summed E-state index contributed by atoms with van der Waals surface area (Å²) in [5.41, 5.74) is 6.23. The highest BCUT2D eigenvalue weighted by atomic mass is 32.1. The predicted octanol–water partition coefficient (Wildman–Crippen LogP) is 1.95. The summed E-state index contributed by atoms with van der Waals surface area (Å²) >= 11 is 4.91. The molecule has 15 heavy (non-hydrogen) atoms. The Balaban J connectivity index is 3.03. The average Bonchev–Trinajstić information content (AvgIpc) is 2.18. The van der Waals surface area contributed by atoms with Gasteiger partial charge in [-0.3, -0.25) is 0 Å². The lowest BCUT2D eigenvalue weighted by Gasteiger charge is -2.26. The minimum atomic E-state index is 0.344. The molecule has 0 atom stereocenters. The molecule has 0 unspecified atom stereocenters. The molecule has 0 aliphatic rings. The summed E-state index contributed by atoms with van der Waals surface area (Å²) in [5, 5.41) is 0. The maximum absolute atomic E-state index is 5.55. The van der Waals surface area contributed by atoms with Gasteiger partial charge in [0.2, 0.25) is 0 Å². The second-order valence-electron chi connectivity index (χ2n) is 3.63. The highest BCUT2D eigenvalue weighted by Gasteiger charge is 2.10. The molecular formula is C11H17N3S. The lowest BCUT2D eigenvalue weighted by Crippen LogP contribution is -2.31. The molecule has 0 radical (unpaired) electrons. The summed E-state index contributed by atoms with van der Waals surface area (Å²) in [4.78, 5) is 6.96. The fourth-order valence-electron chi connectivity index (χ4n) is 1.51. The summed E-state index contributed by atoms with van der Waals surface area (Å²) in [6.45, 7) is 7.30.